The fourth-order valence-electron chi connectivity index (χ4n) is 2.22. The Morgan fingerprint density at radius 2 is 1.60 bits per heavy atom. The van der Waals surface area contributed by atoms with Crippen molar-refractivity contribution in [1.29, 1.82) is 0 Å². The van der Waals surface area contributed by atoms with E-state index in [0.29, 0.717) is 22.6 Å². The largest absolute Gasteiger partial charge is 0.454 e. The first-order valence-corrected chi connectivity index (χ1v) is 7.89. The number of aryl methyl sites for hydroxylation is 2. The Bertz CT molecular complexity index is 809. The van der Waals surface area contributed by atoms with Crippen LogP contribution in [-0.4, -0.2) is 18.0 Å². The third-order valence-electron chi connectivity index (χ3n) is 3.34. The molecule has 0 unspecified atom stereocenters. The maximum atomic E-state index is 11.4. The molecule has 0 bridgehead atoms. The van der Waals surface area contributed by atoms with Crippen molar-refractivity contribution in [2.75, 3.05) is 12.4 Å². The van der Waals surface area contributed by atoms with Crippen LogP contribution in [0.1, 0.15) is 11.1 Å². The predicted molar refractivity (Wildman–Crippen MR) is 97.2 cm³/mol. The molecule has 2 aromatic rings. The number of nitrogens with zero attached hydrogens (tertiary/aromatic N) is 1. The van der Waals surface area contributed by atoms with Crippen LogP contribution in [0.15, 0.2) is 24.3 Å². The molecular formula is C16H15Cl2N3O4. The number of halogens is 2. The van der Waals surface area contributed by atoms with E-state index < -0.39 is 11.0 Å². The van der Waals surface area contributed by atoms with Gasteiger partial charge in [0.2, 0.25) is 0 Å². The zero-order chi connectivity index (χ0) is 18.7. The summed E-state index contributed by atoms with van der Waals surface area (Å²) in [6.45, 7) is 3.39. The average Bonchev–Trinajstić information content (AvgIpc) is 2.52. The molecule has 9 heteroatoms. The molecule has 0 aliphatic rings. The van der Waals surface area contributed by atoms with Gasteiger partial charge in [0.25, 0.3) is 5.69 Å². The molecule has 25 heavy (non-hydrogen) atoms. The Kier molecular flexibility index (Phi) is 5.71. The van der Waals surface area contributed by atoms with Gasteiger partial charge in [-0.15, -0.1) is 0 Å². The standard InChI is InChI=1S/C16H15Cl2N3O4/c1-8-4-11(21(23)24)5-9(2)14(8)25-15-12(17)6-10(7-13(15)18)20-16(22)19-3/h4-7H,1-3H3,(H2,19,20,22). The summed E-state index contributed by atoms with van der Waals surface area (Å²) in [6, 6.07) is 5.39. The van der Waals surface area contributed by atoms with Gasteiger partial charge in [-0.2, -0.15) is 0 Å². The van der Waals surface area contributed by atoms with Crippen LogP contribution in [0.2, 0.25) is 10.0 Å². The van der Waals surface area contributed by atoms with Gasteiger partial charge in [0.05, 0.1) is 15.0 Å². The number of benzene rings is 2. The number of anilines is 1. The molecule has 0 aliphatic heterocycles. The molecule has 0 spiro atoms. The van der Waals surface area contributed by atoms with Crippen molar-refractivity contribution in [1.82, 2.24) is 5.32 Å². The first-order chi connectivity index (χ1) is 11.7. The number of hydrogen-bond donors (Lipinski definition) is 2. The first-order valence-electron chi connectivity index (χ1n) is 7.14. The Hall–Kier alpha value is -2.51. The molecule has 2 aromatic carbocycles. The maximum absolute atomic E-state index is 11.4. The predicted octanol–water partition coefficient (Wildman–Crippen LogP) is 5.06. The number of hydrogen-bond acceptors (Lipinski definition) is 4. The lowest BCUT2D eigenvalue weighted by Gasteiger charge is -2.15. The van der Waals surface area contributed by atoms with Gasteiger partial charge in [-0.1, -0.05) is 23.2 Å². The van der Waals surface area contributed by atoms with Gasteiger partial charge < -0.3 is 15.4 Å². The zero-order valence-electron chi connectivity index (χ0n) is 13.6. The highest BCUT2D eigenvalue weighted by molar-refractivity contribution is 6.37. The van der Waals surface area contributed by atoms with Gasteiger partial charge in [0, 0.05) is 24.9 Å². The Balaban J connectivity index is 2.38. The molecule has 2 N–H and O–H groups in total. The topological polar surface area (TPSA) is 93.5 Å². The molecule has 2 rings (SSSR count). The fourth-order valence-corrected chi connectivity index (χ4v) is 2.78. The average molecular weight is 384 g/mol. The van der Waals surface area contributed by atoms with E-state index in [9.17, 15) is 14.9 Å². The molecule has 0 saturated heterocycles. The lowest BCUT2D eigenvalue weighted by atomic mass is 10.1. The number of non-ortho nitro benzene ring substituents is 1. The van der Waals surface area contributed by atoms with Crippen molar-refractivity contribution in [2.24, 2.45) is 0 Å². The second-order valence-corrected chi connectivity index (χ2v) is 6.06. The van der Waals surface area contributed by atoms with Crippen molar-refractivity contribution >= 4 is 40.6 Å². The van der Waals surface area contributed by atoms with E-state index in [4.69, 9.17) is 27.9 Å². The summed E-state index contributed by atoms with van der Waals surface area (Å²) in [7, 11) is 1.48. The molecule has 0 radical (unpaired) electrons. The lowest BCUT2D eigenvalue weighted by molar-refractivity contribution is -0.385. The molecule has 2 amide bonds. The number of carbonyl (C=O) groups excluding carboxylic acids is 1. The van der Waals surface area contributed by atoms with Crippen LogP contribution in [0.3, 0.4) is 0 Å². The smallest absolute Gasteiger partial charge is 0.318 e. The van der Waals surface area contributed by atoms with Crippen molar-refractivity contribution in [3.05, 3.63) is 55.6 Å². The SMILES string of the molecule is CNC(=O)Nc1cc(Cl)c(Oc2c(C)cc([N+](=O)[O-])cc2C)c(Cl)c1. The molecule has 0 aliphatic carbocycles. The van der Waals surface area contributed by atoms with Crippen LogP contribution in [0.4, 0.5) is 16.2 Å². The molecule has 0 fully saturated rings. The number of urea groups is 1. The monoisotopic (exact) mass is 383 g/mol. The minimum Gasteiger partial charge on any atom is -0.454 e. The summed E-state index contributed by atoms with van der Waals surface area (Å²) >= 11 is 12.4. The van der Waals surface area contributed by atoms with Crippen LogP contribution >= 0.6 is 23.2 Å². The minimum absolute atomic E-state index is 0.0235. The normalized spacial score (nSPS) is 10.3. The molecule has 132 valence electrons. The number of nitro benzene ring substituents is 1. The highest BCUT2D eigenvalue weighted by Gasteiger charge is 2.17. The summed E-state index contributed by atoms with van der Waals surface area (Å²) in [5, 5.41) is 16.3. The second-order valence-electron chi connectivity index (χ2n) is 5.24. The Morgan fingerprint density at radius 1 is 1.08 bits per heavy atom. The van der Waals surface area contributed by atoms with Crippen LogP contribution < -0.4 is 15.4 Å². The van der Waals surface area contributed by atoms with Crippen LogP contribution in [0.25, 0.3) is 0 Å². The van der Waals surface area contributed by atoms with E-state index in [2.05, 4.69) is 10.6 Å². The number of carbonyl (C=O) groups is 1. The first kappa shape index (κ1) is 18.8. The zero-order valence-corrected chi connectivity index (χ0v) is 15.2. The quantitative estimate of drug-likeness (QED) is 0.569. The van der Waals surface area contributed by atoms with E-state index in [1.54, 1.807) is 13.8 Å². The van der Waals surface area contributed by atoms with E-state index in [-0.39, 0.29) is 21.5 Å². The van der Waals surface area contributed by atoms with Gasteiger partial charge in [-0.05, 0) is 37.1 Å². The fraction of sp³-hybridized carbons (Fsp3) is 0.188. The molecule has 0 atom stereocenters. The van der Waals surface area contributed by atoms with E-state index in [1.165, 1.54) is 31.3 Å². The van der Waals surface area contributed by atoms with E-state index in [1.807, 2.05) is 0 Å². The van der Waals surface area contributed by atoms with Crippen molar-refractivity contribution in [3.63, 3.8) is 0 Å². The van der Waals surface area contributed by atoms with Crippen LogP contribution in [-0.2, 0) is 0 Å². The van der Waals surface area contributed by atoms with Crippen molar-refractivity contribution in [2.45, 2.75) is 13.8 Å². The summed E-state index contributed by atoms with van der Waals surface area (Å²) < 4.78 is 5.81. The molecule has 0 heterocycles. The molecular weight excluding hydrogens is 369 g/mol. The maximum Gasteiger partial charge on any atom is 0.318 e. The Labute approximate surface area is 154 Å². The summed E-state index contributed by atoms with van der Waals surface area (Å²) in [4.78, 5) is 21.8. The van der Waals surface area contributed by atoms with E-state index >= 15 is 0 Å². The number of rotatable bonds is 4. The van der Waals surface area contributed by atoms with Gasteiger partial charge in [0.15, 0.2) is 5.75 Å². The van der Waals surface area contributed by atoms with Crippen LogP contribution in [0.5, 0.6) is 11.5 Å². The molecule has 0 saturated carbocycles. The van der Waals surface area contributed by atoms with Crippen molar-refractivity contribution in [3.8, 4) is 11.5 Å². The minimum atomic E-state index is -0.469. The number of amides is 2. The molecule has 7 nitrogen and oxygen atoms in total. The molecule has 0 aromatic heterocycles. The van der Waals surface area contributed by atoms with Gasteiger partial charge in [-0.25, -0.2) is 4.79 Å². The van der Waals surface area contributed by atoms with Crippen molar-refractivity contribution < 1.29 is 14.5 Å². The third kappa shape index (κ3) is 4.32. The lowest BCUT2D eigenvalue weighted by Crippen LogP contribution is -2.24. The van der Waals surface area contributed by atoms with Gasteiger partial charge >= 0.3 is 6.03 Å². The number of nitrogens with one attached hydrogen (secondary N) is 2. The highest BCUT2D eigenvalue weighted by Crippen LogP contribution is 2.41. The summed E-state index contributed by atoms with van der Waals surface area (Å²) in [5.41, 5.74) is 1.53. The van der Waals surface area contributed by atoms with Crippen LogP contribution in [0, 0.1) is 24.0 Å². The van der Waals surface area contributed by atoms with Gasteiger partial charge in [0.1, 0.15) is 5.75 Å². The van der Waals surface area contributed by atoms with E-state index in [0.717, 1.165) is 0 Å². The second kappa shape index (κ2) is 7.58. The number of ether oxygens (including phenoxy) is 1. The third-order valence-corrected chi connectivity index (χ3v) is 3.90. The Morgan fingerprint density at radius 3 is 2.04 bits per heavy atom. The summed E-state index contributed by atoms with van der Waals surface area (Å²) in [6.07, 6.45) is 0. The summed E-state index contributed by atoms with van der Waals surface area (Å²) in [5.74, 6) is 0.632. The van der Waals surface area contributed by atoms with Gasteiger partial charge in [-0.3, -0.25) is 10.1 Å². The number of nitro groups is 1. The highest BCUT2D eigenvalue weighted by atomic mass is 35.5.